The lowest BCUT2D eigenvalue weighted by atomic mass is 10.2. The molecule has 7 nitrogen and oxygen atoms in total. The Balaban J connectivity index is 2.42. The lowest BCUT2D eigenvalue weighted by Gasteiger charge is -2.09. The molecule has 2 rings (SSSR count). The van der Waals surface area contributed by atoms with Crippen LogP contribution < -0.4 is 10.5 Å². The number of nitrogens with two attached hydrogens (primary N) is 1. The second kappa shape index (κ2) is 5.03. The summed E-state index contributed by atoms with van der Waals surface area (Å²) in [5.41, 5.74) is 5.92. The summed E-state index contributed by atoms with van der Waals surface area (Å²) in [6.45, 7) is 0. The number of hydrogen-bond acceptors (Lipinski definition) is 5. The van der Waals surface area contributed by atoms with Crippen molar-refractivity contribution in [3.05, 3.63) is 35.1 Å². The number of nitriles is 1. The van der Waals surface area contributed by atoms with Crippen molar-refractivity contribution < 1.29 is 8.42 Å². The monoisotopic (exact) mass is 311 g/mol. The van der Waals surface area contributed by atoms with Crippen molar-refractivity contribution in [1.29, 1.82) is 5.26 Å². The third-order valence-corrected chi connectivity index (χ3v) is 4.34. The molecule has 9 heteroatoms. The summed E-state index contributed by atoms with van der Waals surface area (Å²) < 4.78 is 28.1. The fraction of sp³-hybridized carbons (Fsp3) is 0.0909. The molecule has 0 saturated carbocycles. The number of nitrogen functional groups attached to an aromatic ring is 1. The zero-order valence-electron chi connectivity index (χ0n) is 10.3. The number of sulfonamides is 1. The topological polar surface area (TPSA) is 114 Å². The van der Waals surface area contributed by atoms with Crippen LogP contribution in [0.25, 0.3) is 0 Å². The number of rotatable bonds is 3. The van der Waals surface area contributed by atoms with E-state index in [2.05, 4.69) is 9.71 Å². The van der Waals surface area contributed by atoms with Crippen LogP contribution in [0.1, 0.15) is 5.56 Å². The molecule has 0 saturated heterocycles. The Bertz CT molecular complexity index is 787. The number of benzene rings is 1. The van der Waals surface area contributed by atoms with Gasteiger partial charge < -0.3 is 10.3 Å². The fourth-order valence-corrected chi connectivity index (χ4v) is 3.09. The van der Waals surface area contributed by atoms with Gasteiger partial charge >= 0.3 is 0 Å². The summed E-state index contributed by atoms with van der Waals surface area (Å²) >= 11 is 5.78. The third kappa shape index (κ3) is 2.54. The molecule has 0 aliphatic carbocycles. The van der Waals surface area contributed by atoms with Gasteiger partial charge in [-0.3, -0.25) is 4.72 Å². The van der Waals surface area contributed by atoms with Crippen molar-refractivity contribution in [2.24, 2.45) is 7.05 Å². The zero-order chi connectivity index (χ0) is 14.9. The number of nitrogens with one attached hydrogen (secondary N) is 1. The maximum absolute atomic E-state index is 12.2. The second-order valence-electron chi connectivity index (χ2n) is 3.96. The van der Waals surface area contributed by atoms with Crippen LogP contribution in [0.4, 0.5) is 11.5 Å². The Morgan fingerprint density at radius 2 is 2.20 bits per heavy atom. The van der Waals surface area contributed by atoms with Crippen molar-refractivity contribution in [2.75, 3.05) is 10.5 Å². The number of aryl methyl sites for hydroxylation is 1. The molecular formula is C11H10ClN5O2S. The molecule has 0 unspecified atom stereocenters. The van der Waals surface area contributed by atoms with Crippen molar-refractivity contribution in [1.82, 2.24) is 9.55 Å². The van der Waals surface area contributed by atoms with Crippen LogP contribution in [0.2, 0.25) is 5.02 Å². The van der Waals surface area contributed by atoms with E-state index in [9.17, 15) is 8.42 Å². The Hall–Kier alpha value is -2.24. The number of nitrogens with zero attached hydrogens (tertiary/aromatic N) is 3. The zero-order valence-corrected chi connectivity index (χ0v) is 11.9. The first-order valence-electron chi connectivity index (χ1n) is 5.34. The normalized spacial score (nSPS) is 11.1. The van der Waals surface area contributed by atoms with Crippen LogP contribution in [0, 0.1) is 11.3 Å². The van der Waals surface area contributed by atoms with E-state index in [0.717, 1.165) is 0 Å². The van der Waals surface area contributed by atoms with E-state index in [1.807, 2.05) is 6.07 Å². The lowest BCUT2D eigenvalue weighted by molar-refractivity contribution is 0.592. The second-order valence-corrected chi connectivity index (χ2v) is 5.96. The molecule has 20 heavy (non-hydrogen) atoms. The van der Waals surface area contributed by atoms with Crippen molar-refractivity contribution in [2.45, 2.75) is 5.03 Å². The van der Waals surface area contributed by atoms with E-state index < -0.39 is 10.0 Å². The Morgan fingerprint density at radius 3 is 2.75 bits per heavy atom. The molecule has 2 aromatic rings. The molecule has 0 aliphatic heterocycles. The third-order valence-electron chi connectivity index (χ3n) is 2.50. The smallest absolute Gasteiger partial charge is 0.281 e. The standard InChI is InChI=1S/C11H10ClN5O2S/c1-17-6-15-10(14)11(17)20(18,19)16-8-2-3-9(12)7(4-8)5-13/h2-4,6,16H,14H2,1H3. The number of aromatic nitrogens is 2. The average Bonchev–Trinajstić information content (AvgIpc) is 2.71. The van der Waals surface area contributed by atoms with Gasteiger partial charge in [0.1, 0.15) is 6.07 Å². The highest BCUT2D eigenvalue weighted by atomic mass is 35.5. The number of imidazole rings is 1. The highest BCUT2D eigenvalue weighted by Crippen LogP contribution is 2.23. The molecule has 0 radical (unpaired) electrons. The first-order chi connectivity index (χ1) is 9.35. The van der Waals surface area contributed by atoms with E-state index in [1.54, 1.807) is 0 Å². The lowest BCUT2D eigenvalue weighted by Crippen LogP contribution is -2.17. The molecule has 0 bridgehead atoms. The largest absolute Gasteiger partial charge is 0.381 e. The highest BCUT2D eigenvalue weighted by Gasteiger charge is 2.22. The molecule has 3 N–H and O–H groups in total. The van der Waals surface area contributed by atoms with E-state index >= 15 is 0 Å². The summed E-state index contributed by atoms with van der Waals surface area (Å²) in [5, 5.41) is 8.97. The van der Waals surface area contributed by atoms with Gasteiger partial charge in [0.25, 0.3) is 10.0 Å². The van der Waals surface area contributed by atoms with Crippen molar-refractivity contribution in [3.8, 4) is 6.07 Å². The van der Waals surface area contributed by atoms with Crippen molar-refractivity contribution >= 4 is 33.1 Å². The van der Waals surface area contributed by atoms with E-state index in [-0.39, 0.29) is 27.1 Å². The van der Waals surface area contributed by atoms with Gasteiger partial charge in [-0.25, -0.2) is 4.98 Å². The molecule has 0 spiro atoms. The maximum Gasteiger partial charge on any atom is 0.281 e. The van der Waals surface area contributed by atoms with E-state index in [4.69, 9.17) is 22.6 Å². The van der Waals surface area contributed by atoms with Crippen molar-refractivity contribution in [3.63, 3.8) is 0 Å². The van der Waals surface area contributed by atoms with Gasteiger partial charge in [-0.1, -0.05) is 11.6 Å². The molecule has 1 heterocycles. The van der Waals surface area contributed by atoms with Gasteiger partial charge in [-0.2, -0.15) is 13.7 Å². The minimum Gasteiger partial charge on any atom is -0.381 e. The van der Waals surface area contributed by atoms with Crippen LogP contribution in [0.3, 0.4) is 0 Å². The molecule has 0 amide bonds. The molecule has 0 aliphatic rings. The quantitative estimate of drug-likeness (QED) is 0.887. The maximum atomic E-state index is 12.2. The first-order valence-corrected chi connectivity index (χ1v) is 7.20. The van der Waals surface area contributed by atoms with Crippen LogP contribution in [0.15, 0.2) is 29.6 Å². The van der Waals surface area contributed by atoms with Gasteiger partial charge in [0.2, 0.25) is 0 Å². The molecule has 1 aromatic heterocycles. The van der Waals surface area contributed by atoms with Gasteiger partial charge in [0, 0.05) is 7.05 Å². The predicted molar refractivity (Wildman–Crippen MR) is 74.6 cm³/mol. The van der Waals surface area contributed by atoms with Gasteiger partial charge in [0.15, 0.2) is 10.8 Å². The minimum absolute atomic E-state index is 0.102. The SMILES string of the molecule is Cn1cnc(N)c1S(=O)(=O)Nc1ccc(Cl)c(C#N)c1. The minimum atomic E-state index is -3.90. The molecule has 104 valence electrons. The van der Waals surface area contributed by atoms with E-state index in [1.165, 1.54) is 36.1 Å². The molecule has 0 fully saturated rings. The number of anilines is 2. The van der Waals surface area contributed by atoms with Crippen LogP contribution >= 0.6 is 11.6 Å². The Labute approximate surface area is 120 Å². The van der Waals surface area contributed by atoms with Gasteiger partial charge in [0.05, 0.1) is 22.6 Å². The predicted octanol–water partition coefficient (Wildman–Crippen LogP) is 1.33. The van der Waals surface area contributed by atoms with Gasteiger partial charge in [-0.15, -0.1) is 0 Å². The highest BCUT2D eigenvalue weighted by molar-refractivity contribution is 7.92. The summed E-state index contributed by atoms with van der Waals surface area (Å²) in [6.07, 6.45) is 1.30. The fourth-order valence-electron chi connectivity index (χ4n) is 1.64. The molecule has 1 aromatic carbocycles. The molecule has 0 atom stereocenters. The summed E-state index contributed by atoms with van der Waals surface area (Å²) in [7, 11) is -2.38. The first kappa shape index (κ1) is 14.2. The van der Waals surface area contributed by atoms with Crippen LogP contribution in [0.5, 0.6) is 0 Å². The van der Waals surface area contributed by atoms with Crippen LogP contribution in [-0.4, -0.2) is 18.0 Å². The molecular weight excluding hydrogens is 302 g/mol. The van der Waals surface area contributed by atoms with E-state index in [0.29, 0.717) is 0 Å². The van der Waals surface area contributed by atoms with Gasteiger partial charge in [-0.05, 0) is 18.2 Å². The number of halogens is 1. The summed E-state index contributed by atoms with van der Waals surface area (Å²) in [5.74, 6) is -0.102. The van der Waals surface area contributed by atoms with Crippen LogP contribution in [-0.2, 0) is 17.1 Å². The Kier molecular flexibility index (Phi) is 3.57. The summed E-state index contributed by atoms with van der Waals surface area (Å²) in [6, 6.07) is 6.10. The number of hydrogen-bond donors (Lipinski definition) is 2. The average molecular weight is 312 g/mol. The Morgan fingerprint density at radius 1 is 1.50 bits per heavy atom. The summed E-state index contributed by atoms with van der Waals surface area (Å²) in [4.78, 5) is 3.72.